The van der Waals surface area contributed by atoms with Crippen LogP contribution in [0, 0.1) is 0 Å². The van der Waals surface area contributed by atoms with Crippen LogP contribution >= 0.6 is 15.9 Å². The molecule has 5 nitrogen and oxygen atoms in total. The van der Waals surface area contributed by atoms with E-state index in [9.17, 15) is 4.79 Å². The van der Waals surface area contributed by atoms with Crippen molar-refractivity contribution in [2.45, 2.75) is 26.3 Å². The van der Waals surface area contributed by atoms with Crippen molar-refractivity contribution in [3.05, 3.63) is 65.1 Å². The molecule has 1 heterocycles. The minimum Gasteiger partial charge on any atom is -0.308 e. The molecule has 0 atom stereocenters. The summed E-state index contributed by atoms with van der Waals surface area (Å²) in [7, 11) is 0. The van der Waals surface area contributed by atoms with E-state index in [2.05, 4.69) is 26.6 Å². The number of rotatable bonds is 3. The number of nitrogens with one attached hydrogen (secondary N) is 2. The van der Waals surface area contributed by atoms with Gasteiger partial charge in [0.25, 0.3) is 0 Å². The zero-order valence-corrected chi connectivity index (χ0v) is 16.5. The molecule has 0 aliphatic rings. The number of carbonyl (C=O) groups excluding carboxylic acids is 1. The molecule has 6 heteroatoms. The maximum absolute atomic E-state index is 12.4. The van der Waals surface area contributed by atoms with E-state index < -0.39 is 0 Å². The molecule has 0 saturated carbocycles. The average molecular weight is 413 g/mol. The smallest absolute Gasteiger partial charge is 0.308 e. The van der Waals surface area contributed by atoms with Gasteiger partial charge in [0.05, 0.1) is 11.2 Å². The van der Waals surface area contributed by atoms with Gasteiger partial charge in [0.15, 0.2) is 0 Å². The minimum absolute atomic E-state index is 0.272. The van der Waals surface area contributed by atoms with Crippen LogP contribution in [0.25, 0.3) is 11.3 Å². The molecule has 1 aromatic heterocycles. The van der Waals surface area contributed by atoms with E-state index in [-0.39, 0.29) is 11.6 Å². The second-order valence-corrected chi connectivity index (χ2v) is 7.87. The second-order valence-electron chi connectivity index (χ2n) is 6.95. The summed E-state index contributed by atoms with van der Waals surface area (Å²) in [6.07, 6.45) is 0. The quantitative estimate of drug-likeness (QED) is 0.578. The van der Waals surface area contributed by atoms with Crippen LogP contribution in [0.5, 0.6) is 0 Å². The van der Waals surface area contributed by atoms with Crippen molar-refractivity contribution >= 4 is 33.5 Å². The molecule has 26 heavy (non-hydrogen) atoms. The van der Waals surface area contributed by atoms with Crippen molar-refractivity contribution in [2.75, 3.05) is 10.6 Å². The van der Waals surface area contributed by atoms with Crippen molar-refractivity contribution in [3.8, 4) is 11.3 Å². The molecule has 3 rings (SSSR count). The summed E-state index contributed by atoms with van der Waals surface area (Å²) in [6.45, 7) is 6.14. The summed E-state index contributed by atoms with van der Waals surface area (Å²) in [4.78, 5) is 12.4. The van der Waals surface area contributed by atoms with Crippen LogP contribution in [0.3, 0.4) is 0 Å². The summed E-state index contributed by atoms with van der Waals surface area (Å²) in [5, 5.41) is 10.4. The molecular weight excluding hydrogens is 392 g/mol. The van der Waals surface area contributed by atoms with Crippen molar-refractivity contribution in [2.24, 2.45) is 0 Å². The van der Waals surface area contributed by atoms with Crippen LogP contribution in [0.15, 0.2) is 65.1 Å². The number of anilines is 2. The van der Waals surface area contributed by atoms with Gasteiger partial charge in [0, 0.05) is 21.8 Å². The number of benzene rings is 2. The van der Waals surface area contributed by atoms with Crippen LogP contribution in [0.2, 0.25) is 0 Å². The second kappa shape index (κ2) is 7.33. The first-order chi connectivity index (χ1) is 12.3. The molecule has 0 aliphatic carbocycles. The van der Waals surface area contributed by atoms with Gasteiger partial charge in [-0.2, -0.15) is 5.10 Å². The topological polar surface area (TPSA) is 59.0 Å². The number of carbonyl (C=O) groups is 1. The maximum Gasteiger partial charge on any atom is 0.324 e. The predicted molar refractivity (Wildman–Crippen MR) is 109 cm³/mol. The number of halogens is 1. The van der Waals surface area contributed by atoms with Crippen LogP contribution in [0.1, 0.15) is 20.8 Å². The van der Waals surface area contributed by atoms with Gasteiger partial charge in [-0.3, -0.25) is 5.32 Å². The third-order valence-electron chi connectivity index (χ3n) is 3.74. The van der Waals surface area contributed by atoms with Crippen LogP contribution < -0.4 is 10.6 Å². The van der Waals surface area contributed by atoms with Gasteiger partial charge in [-0.05, 0) is 39.0 Å². The third kappa shape index (κ3) is 4.32. The van der Waals surface area contributed by atoms with E-state index in [1.54, 1.807) is 0 Å². The molecule has 0 fully saturated rings. The Morgan fingerprint density at radius 3 is 2.38 bits per heavy atom. The lowest BCUT2D eigenvalue weighted by Gasteiger charge is -2.22. The Morgan fingerprint density at radius 1 is 1.00 bits per heavy atom. The Morgan fingerprint density at radius 2 is 1.73 bits per heavy atom. The zero-order valence-electron chi connectivity index (χ0n) is 15.0. The molecular formula is C20H21BrN4O. The number of nitrogens with zero attached hydrogens (tertiary/aromatic N) is 2. The number of urea groups is 1. The highest BCUT2D eigenvalue weighted by atomic mass is 79.9. The van der Waals surface area contributed by atoms with E-state index in [0.29, 0.717) is 11.5 Å². The minimum atomic E-state index is -0.312. The van der Waals surface area contributed by atoms with Gasteiger partial charge in [-0.25, -0.2) is 9.48 Å². The summed E-state index contributed by atoms with van der Waals surface area (Å²) >= 11 is 3.40. The van der Waals surface area contributed by atoms with Crippen LogP contribution in [-0.4, -0.2) is 15.8 Å². The molecule has 2 amide bonds. The lowest BCUT2D eigenvalue weighted by molar-refractivity contribution is 0.261. The summed E-state index contributed by atoms with van der Waals surface area (Å²) in [6, 6.07) is 18.9. The largest absolute Gasteiger partial charge is 0.324 e. The molecule has 2 aromatic carbocycles. The van der Waals surface area contributed by atoms with E-state index >= 15 is 0 Å². The van der Waals surface area contributed by atoms with Gasteiger partial charge in [-0.1, -0.05) is 52.3 Å². The fraction of sp³-hybridized carbons (Fsp3) is 0.200. The molecule has 2 N–H and O–H groups in total. The van der Waals surface area contributed by atoms with Gasteiger partial charge in [0.2, 0.25) is 0 Å². The van der Waals surface area contributed by atoms with Crippen molar-refractivity contribution in [3.63, 3.8) is 0 Å². The first-order valence-corrected chi connectivity index (χ1v) is 9.12. The van der Waals surface area contributed by atoms with Crippen molar-refractivity contribution < 1.29 is 4.79 Å². The zero-order chi connectivity index (χ0) is 18.7. The highest BCUT2D eigenvalue weighted by molar-refractivity contribution is 9.10. The first kappa shape index (κ1) is 18.2. The van der Waals surface area contributed by atoms with Crippen molar-refractivity contribution in [1.29, 1.82) is 0 Å². The van der Waals surface area contributed by atoms with Crippen LogP contribution in [0.4, 0.5) is 16.3 Å². The van der Waals surface area contributed by atoms with Gasteiger partial charge >= 0.3 is 6.03 Å². The highest BCUT2D eigenvalue weighted by Crippen LogP contribution is 2.27. The third-order valence-corrected chi connectivity index (χ3v) is 4.23. The molecule has 0 aliphatic heterocycles. The Kier molecular flexibility index (Phi) is 5.13. The SMILES string of the molecule is CC(C)(C)n1nc(-c2ccccc2)cc1NC(=O)Nc1cccc(Br)c1. The van der Waals surface area contributed by atoms with E-state index in [1.165, 1.54) is 0 Å². The fourth-order valence-electron chi connectivity index (χ4n) is 2.58. The summed E-state index contributed by atoms with van der Waals surface area (Å²) in [5.41, 5.74) is 2.26. The summed E-state index contributed by atoms with van der Waals surface area (Å²) < 4.78 is 2.73. The normalized spacial score (nSPS) is 11.2. The van der Waals surface area contributed by atoms with E-state index in [4.69, 9.17) is 5.10 Å². The number of aromatic nitrogens is 2. The predicted octanol–water partition coefficient (Wildman–Crippen LogP) is 5.71. The van der Waals surface area contributed by atoms with Crippen LogP contribution in [-0.2, 0) is 5.54 Å². The van der Waals surface area contributed by atoms with Gasteiger partial charge in [0.1, 0.15) is 5.82 Å². The average Bonchev–Trinajstić information content (AvgIpc) is 2.99. The molecule has 0 spiro atoms. The number of amides is 2. The fourth-order valence-corrected chi connectivity index (χ4v) is 2.98. The molecule has 0 bridgehead atoms. The highest BCUT2D eigenvalue weighted by Gasteiger charge is 2.21. The number of hydrogen-bond acceptors (Lipinski definition) is 2. The molecule has 0 saturated heterocycles. The molecule has 3 aromatic rings. The monoisotopic (exact) mass is 412 g/mol. The van der Waals surface area contributed by atoms with E-state index in [0.717, 1.165) is 15.7 Å². The lowest BCUT2D eigenvalue weighted by Crippen LogP contribution is -2.28. The van der Waals surface area contributed by atoms with E-state index in [1.807, 2.05) is 86.1 Å². The molecule has 0 unspecified atom stereocenters. The maximum atomic E-state index is 12.4. The van der Waals surface area contributed by atoms with Crippen molar-refractivity contribution in [1.82, 2.24) is 9.78 Å². The van der Waals surface area contributed by atoms with Gasteiger partial charge in [-0.15, -0.1) is 0 Å². The molecule has 0 radical (unpaired) electrons. The lowest BCUT2D eigenvalue weighted by atomic mass is 10.1. The van der Waals surface area contributed by atoms with Gasteiger partial charge < -0.3 is 5.32 Å². The Bertz CT molecular complexity index is 913. The Balaban J connectivity index is 1.86. The number of hydrogen-bond donors (Lipinski definition) is 2. The molecule has 134 valence electrons. The Labute approximate surface area is 161 Å². The Hall–Kier alpha value is -2.60. The summed E-state index contributed by atoms with van der Waals surface area (Å²) in [5.74, 6) is 0.642. The first-order valence-electron chi connectivity index (χ1n) is 8.32. The standard InChI is InChI=1S/C20H21BrN4O/c1-20(2,3)25-18(13-17(24-25)14-8-5-4-6-9-14)23-19(26)22-16-11-7-10-15(21)12-16/h4-13H,1-3H3,(H2,22,23,26).